The number of fused-ring (bicyclic) bond motifs is 7. The van der Waals surface area contributed by atoms with Crippen LogP contribution in [-0.2, 0) is 0 Å². The van der Waals surface area contributed by atoms with Crippen molar-refractivity contribution in [1.29, 1.82) is 0 Å². The fourth-order valence-electron chi connectivity index (χ4n) is 20.4. The number of benzene rings is 21. The normalized spacial score (nSPS) is 11.2. The van der Waals surface area contributed by atoms with Gasteiger partial charge in [-0.3, -0.25) is 15.0 Å². The molecule has 0 fully saturated rings. The summed E-state index contributed by atoms with van der Waals surface area (Å²) in [5, 5.41) is 14.4. The van der Waals surface area contributed by atoms with Gasteiger partial charge in [0.05, 0.1) is 34.2 Å². The molecule has 0 N–H and O–H groups in total. The Bertz CT molecular complexity index is 9350. The topological polar surface area (TPSA) is 116 Å². The smallest absolute Gasteiger partial charge is 0.160 e. The lowest BCUT2D eigenvalue weighted by Crippen LogP contribution is -1.96. The molecule has 0 aliphatic rings. The van der Waals surface area contributed by atoms with Gasteiger partial charge in [0, 0.05) is 120 Å². The number of hydrogen-bond donors (Lipinski definition) is 0. The van der Waals surface area contributed by atoms with Crippen LogP contribution in [0.5, 0.6) is 0 Å². The predicted octanol–water partition coefficient (Wildman–Crippen LogP) is 36.5. The van der Waals surface area contributed by atoms with Gasteiger partial charge < -0.3 is 0 Å². The highest BCUT2D eigenvalue weighted by Crippen LogP contribution is 2.43. The van der Waals surface area contributed by atoms with E-state index in [-0.39, 0.29) is 0 Å². The molecule has 0 aliphatic carbocycles. The van der Waals surface area contributed by atoms with Crippen LogP contribution in [0.1, 0.15) is 0 Å². The van der Waals surface area contributed by atoms with E-state index in [4.69, 9.17) is 29.9 Å². The summed E-state index contributed by atoms with van der Waals surface area (Å²) < 4.78 is 0. The Hall–Kier alpha value is -20.1. The largest absolute Gasteiger partial charge is 0.263 e. The van der Waals surface area contributed by atoms with Crippen molar-refractivity contribution in [2.75, 3.05) is 0 Å². The second-order valence-electron chi connectivity index (χ2n) is 37.5. The van der Waals surface area contributed by atoms with Crippen LogP contribution in [-0.4, -0.2) is 44.9 Å². The maximum absolute atomic E-state index is 5.21. The lowest BCUT2D eigenvalue weighted by Gasteiger charge is -2.13. The van der Waals surface area contributed by atoms with Gasteiger partial charge in [-0.15, -0.1) is 0 Å². The predicted molar refractivity (Wildman–Crippen MR) is 622 cm³/mol. The molecule has 702 valence electrons. The van der Waals surface area contributed by atoms with Crippen molar-refractivity contribution < 1.29 is 0 Å². The van der Waals surface area contributed by atoms with Crippen LogP contribution in [0.15, 0.2) is 565 Å². The van der Waals surface area contributed by atoms with E-state index < -0.39 is 0 Å². The van der Waals surface area contributed by atoms with E-state index in [0.29, 0.717) is 17.5 Å². The molecule has 21 aromatic carbocycles. The summed E-state index contributed by atoms with van der Waals surface area (Å²) in [6.45, 7) is 0. The first-order valence-electron chi connectivity index (χ1n) is 50.5. The van der Waals surface area contributed by atoms with Gasteiger partial charge in [-0.2, -0.15) is 0 Å². The highest BCUT2D eigenvalue weighted by Gasteiger charge is 2.21. The Morgan fingerprint density at radius 1 is 0.100 bits per heavy atom. The minimum atomic E-state index is 0.685. The van der Waals surface area contributed by atoms with Crippen molar-refractivity contribution in [2.24, 2.45) is 0 Å². The summed E-state index contributed by atoms with van der Waals surface area (Å²) in [5.74, 6) is 2.07. The number of aromatic nitrogens is 9. The third kappa shape index (κ3) is 19.1. The number of rotatable bonds is 18. The Morgan fingerprint density at radius 3 is 0.673 bits per heavy atom. The van der Waals surface area contributed by atoms with Gasteiger partial charge in [0.2, 0.25) is 0 Å². The second kappa shape index (κ2) is 41.3. The maximum atomic E-state index is 5.21. The molecule has 0 radical (unpaired) electrons. The molecule has 27 aromatic rings. The summed E-state index contributed by atoms with van der Waals surface area (Å²) in [5.41, 5.74) is 35.2. The first-order valence-corrected chi connectivity index (χ1v) is 50.5. The molecule has 0 amide bonds. The maximum Gasteiger partial charge on any atom is 0.160 e. The molecule has 0 spiro atoms. The zero-order valence-corrected chi connectivity index (χ0v) is 81.7. The van der Waals surface area contributed by atoms with E-state index in [1.165, 1.54) is 87.4 Å². The Balaban J connectivity index is 0.000000117. The van der Waals surface area contributed by atoms with Crippen molar-refractivity contribution in [3.8, 4) is 202 Å². The van der Waals surface area contributed by atoms with Crippen LogP contribution in [0.25, 0.3) is 266 Å². The molecule has 27 rings (SSSR count). The summed E-state index contributed by atoms with van der Waals surface area (Å²) >= 11 is 0. The quantitative estimate of drug-likeness (QED) is 0.0774. The molecule has 0 saturated heterocycles. The van der Waals surface area contributed by atoms with Gasteiger partial charge in [-0.25, -0.2) is 29.9 Å². The third-order valence-corrected chi connectivity index (χ3v) is 28.2. The molecule has 6 heterocycles. The highest BCUT2D eigenvalue weighted by atomic mass is 14.9. The van der Waals surface area contributed by atoms with Crippen LogP contribution < -0.4 is 0 Å². The van der Waals surface area contributed by atoms with Crippen LogP contribution in [0.4, 0.5) is 0 Å². The van der Waals surface area contributed by atoms with Gasteiger partial charge in [-0.05, 0) is 168 Å². The fraction of sp³-hybridized carbons (Fsp3) is 0. The molecule has 150 heavy (non-hydrogen) atoms. The average Bonchev–Trinajstić information content (AvgIpc) is 0.756. The molecular formula is C141H93N9. The van der Waals surface area contributed by atoms with Crippen molar-refractivity contribution >= 4 is 64.6 Å². The van der Waals surface area contributed by atoms with E-state index in [1.807, 2.05) is 73.6 Å². The van der Waals surface area contributed by atoms with Crippen LogP contribution in [0, 0.1) is 0 Å². The second-order valence-corrected chi connectivity index (χ2v) is 37.5. The first-order chi connectivity index (χ1) is 74.3. The van der Waals surface area contributed by atoms with Crippen molar-refractivity contribution in [3.05, 3.63) is 565 Å². The van der Waals surface area contributed by atoms with Crippen LogP contribution in [0.2, 0.25) is 0 Å². The molecule has 0 unspecified atom stereocenters. The van der Waals surface area contributed by atoms with Gasteiger partial charge in [0.15, 0.2) is 17.5 Å². The van der Waals surface area contributed by atoms with Crippen LogP contribution in [0.3, 0.4) is 0 Å². The highest BCUT2D eigenvalue weighted by molar-refractivity contribution is 6.14. The Kier molecular flexibility index (Phi) is 25.1. The lowest BCUT2D eigenvalue weighted by molar-refractivity contribution is 1.18. The molecule has 9 heteroatoms. The zero-order chi connectivity index (χ0) is 99.8. The summed E-state index contributed by atoms with van der Waals surface area (Å²) in [6, 6.07) is 185. The van der Waals surface area contributed by atoms with Gasteiger partial charge in [0.1, 0.15) is 0 Å². The minimum Gasteiger partial charge on any atom is -0.263 e. The van der Waals surface area contributed by atoms with E-state index in [9.17, 15) is 0 Å². The summed E-state index contributed by atoms with van der Waals surface area (Å²) in [4.78, 5) is 44.4. The number of nitrogens with zero attached hydrogens (tertiary/aromatic N) is 9. The minimum absolute atomic E-state index is 0.685. The van der Waals surface area contributed by atoms with Crippen molar-refractivity contribution in [1.82, 2.24) is 44.9 Å². The summed E-state index contributed by atoms with van der Waals surface area (Å²) in [7, 11) is 0. The average molecular weight is 1910 g/mol. The zero-order valence-electron chi connectivity index (χ0n) is 81.7. The molecule has 6 aromatic heterocycles. The Morgan fingerprint density at radius 2 is 0.320 bits per heavy atom. The number of pyridine rings is 3. The molecule has 0 saturated carbocycles. The third-order valence-electron chi connectivity index (χ3n) is 28.2. The Labute approximate surface area is 870 Å². The molecule has 0 atom stereocenters. The van der Waals surface area contributed by atoms with Gasteiger partial charge >= 0.3 is 0 Å². The van der Waals surface area contributed by atoms with Crippen LogP contribution >= 0.6 is 0 Å². The van der Waals surface area contributed by atoms with Crippen molar-refractivity contribution in [3.63, 3.8) is 0 Å². The lowest BCUT2D eigenvalue weighted by atomic mass is 9.93. The molecule has 0 bridgehead atoms. The van der Waals surface area contributed by atoms with E-state index in [1.54, 1.807) is 0 Å². The van der Waals surface area contributed by atoms with E-state index in [2.05, 4.69) is 506 Å². The fourth-order valence-corrected chi connectivity index (χ4v) is 20.4. The molecule has 9 nitrogen and oxygen atoms in total. The molecule has 0 aliphatic heterocycles. The molecular weight excluding hydrogens is 1820 g/mol. The first kappa shape index (κ1) is 91.1. The van der Waals surface area contributed by atoms with Gasteiger partial charge in [-0.1, -0.05) is 491 Å². The SMILES string of the molecule is c1ccc(-c2ccc(-c3cc(-c4ccc(-c5cncc6ccccc56)cc4)nc(-c4ccc(-c5ccccc5)cc4)n3)cc2)cc1.c1ccc(-c2cccc(-c3cc(-c4ccc(-c5cncc6ccccc56)cc4)nc(-c4ccc(-c5cc6ccccc6c6ccccc56)cc4)n3)c2)cc1.c1ccc(-c2cccc(-c3cc(-c4ccc(-c5cncc6ccccc56)cc4)nc(-c4ccc(-c5cccc6ccccc56)cc4)n3)c2)cc1. The van der Waals surface area contributed by atoms with Crippen molar-refractivity contribution in [2.45, 2.75) is 0 Å². The van der Waals surface area contributed by atoms with Gasteiger partial charge in [0.25, 0.3) is 0 Å². The van der Waals surface area contributed by atoms with E-state index in [0.717, 1.165) is 162 Å². The monoisotopic (exact) mass is 1910 g/mol. The summed E-state index contributed by atoms with van der Waals surface area (Å²) in [6.07, 6.45) is 11.6. The number of hydrogen-bond acceptors (Lipinski definition) is 9. The van der Waals surface area contributed by atoms with E-state index >= 15 is 0 Å². The standard InChI is InChI=1S/C51H33N3.C47H31N3.C43H29N3/c1-2-11-34(12-3-1)39-15-10-16-41(29-39)50-31-49(37-25-21-36(22-26-37)48-33-52-32-42-14-5-7-18-44(42)48)53-51(54-50)38-27-23-35(24-28-38)47-30-40-13-4-6-17-43(40)45-19-8-9-20-46(45)47;1-2-10-32(11-3-1)38-15-8-16-39(28-38)46-29-45(36-24-20-35(21-25-36)44-31-48-30-40-13-5-7-18-43(40)44)49-47(50-46)37-26-22-34(23-27-37)42-19-9-14-33-12-4-6-17-41(33)42;1-3-9-30(10-4-1)32-15-21-35(22-16-32)41-27-42(46-43(45-41)37-25-17-33(18-26-37)31-11-5-2-6-12-31)36-23-19-34(20-24-36)40-29-44-28-38-13-7-8-14-39(38)40/h1-33H;1-31H;1-29H.